The molecule has 0 unspecified atom stereocenters. The molecule has 0 saturated carbocycles. The molecule has 0 aliphatic carbocycles. The van der Waals surface area contributed by atoms with Crippen molar-refractivity contribution in [2.24, 2.45) is 0 Å². The summed E-state index contributed by atoms with van der Waals surface area (Å²) in [6, 6.07) is 63.7. The first-order valence-corrected chi connectivity index (χ1v) is 21.5. The van der Waals surface area contributed by atoms with Crippen LogP contribution in [0.5, 0.6) is 0 Å². The fraction of sp³-hybridized carbons (Fsp3) is 0. The molecule has 0 aliphatic heterocycles. The summed E-state index contributed by atoms with van der Waals surface area (Å²) in [5.41, 5.74) is 8.81. The second-order valence-electron chi connectivity index (χ2n) is 15.9. The first-order valence-electron chi connectivity index (χ1n) is 20.7. The maximum Gasteiger partial charge on any atom is 0.167 e. The summed E-state index contributed by atoms with van der Waals surface area (Å²) in [5.74, 6) is 1.64. The minimum absolute atomic E-state index is 0.525. The van der Waals surface area contributed by atoms with Gasteiger partial charge in [-0.3, -0.25) is 0 Å². The van der Waals surface area contributed by atoms with Gasteiger partial charge in [-0.2, -0.15) is 0 Å². The molecule has 0 amide bonds. The van der Waals surface area contributed by atoms with Crippen molar-refractivity contribution in [1.82, 2.24) is 19.5 Å². The first-order chi connectivity index (χ1) is 30.7. The van der Waals surface area contributed by atoms with Crippen LogP contribution in [0.4, 0.5) is 0 Å². The van der Waals surface area contributed by atoms with Gasteiger partial charge in [0.2, 0.25) is 0 Å². The van der Waals surface area contributed by atoms with Crippen molar-refractivity contribution >= 4 is 108 Å². The van der Waals surface area contributed by atoms with Gasteiger partial charge < -0.3 is 13.4 Å². The third-order valence-electron chi connectivity index (χ3n) is 12.5. The lowest BCUT2D eigenvalue weighted by Gasteiger charge is -2.16. The van der Waals surface area contributed by atoms with Gasteiger partial charge in [-0.15, -0.1) is 11.3 Å². The smallest absolute Gasteiger partial charge is 0.167 e. The number of para-hydroxylation sites is 4. The van der Waals surface area contributed by atoms with E-state index in [1.807, 2.05) is 30.3 Å². The van der Waals surface area contributed by atoms with Gasteiger partial charge in [-0.05, 0) is 71.4 Å². The normalized spacial score (nSPS) is 12.2. The Morgan fingerprint density at radius 2 is 1.03 bits per heavy atom. The van der Waals surface area contributed by atoms with Crippen molar-refractivity contribution in [1.29, 1.82) is 0 Å². The molecule has 0 bridgehead atoms. The van der Waals surface area contributed by atoms with E-state index in [0.717, 1.165) is 82.0 Å². The minimum atomic E-state index is 0.525. The third-order valence-corrected chi connectivity index (χ3v) is 13.7. The summed E-state index contributed by atoms with van der Waals surface area (Å²) in [5, 5.41) is 11.1. The molecule has 0 saturated heterocycles. The Morgan fingerprint density at radius 3 is 1.89 bits per heavy atom. The number of hydrogen-bond donors (Lipinski definition) is 0. The SMILES string of the molecule is c1ccc2cc3c(cc2c1)c1ccccc1n3-c1ccc2oc3ccccc3c2c1-c1nc(-c2cccc3c2oc2ccccc23)nc(-c2cccc3c2sc2ccccc23)n1. The fourth-order valence-electron chi connectivity index (χ4n) is 9.71. The highest BCUT2D eigenvalue weighted by Crippen LogP contribution is 2.45. The standard InChI is InChI=1S/C55H30N4O2S/c1-2-14-32-30-44-41(29-31(32)13-1)33-15-3-7-23-42(33)59(44)43-27-28-47-49(38-18-5-9-25-46(38)60-47)50(43)55-57-53(39-21-11-19-36-34-16-4-8-24-45(34)61-51(36)39)56-54(58-55)40-22-12-20-37-35-17-6-10-26-48(35)62-52(37)40/h1-30H. The van der Waals surface area contributed by atoms with E-state index in [-0.39, 0.29) is 0 Å². The molecular formula is C55H30N4O2S. The Labute approximate surface area is 356 Å². The van der Waals surface area contributed by atoms with Crippen LogP contribution in [0.25, 0.3) is 136 Å². The summed E-state index contributed by atoms with van der Waals surface area (Å²) in [6.45, 7) is 0. The van der Waals surface area contributed by atoms with Gasteiger partial charge in [-0.25, -0.2) is 15.0 Å². The summed E-state index contributed by atoms with van der Waals surface area (Å²) >= 11 is 1.76. The predicted octanol–water partition coefficient (Wildman–Crippen LogP) is 15.3. The van der Waals surface area contributed by atoms with Crippen LogP contribution in [-0.4, -0.2) is 19.5 Å². The predicted molar refractivity (Wildman–Crippen MR) is 255 cm³/mol. The van der Waals surface area contributed by atoms with E-state index in [2.05, 4.69) is 156 Å². The van der Waals surface area contributed by atoms with Gasteiger partial charge in [0.1, 0.15) is 22.3 Å². The van der Waals surface area contributed by atoms with E-state index in [4.69, 9.17) is 23.8 Å². The van der Waals surface area contributed by atoms with E-state index < -0.39 is 0 Å². The second kappa shape index (κ2) is 12.7. The molecule has 0 radical (unpaired) electrons. The highest BCUT2D eigenvalue weighted by atomic mass is 32.1. The number of hydrogen-bond acceptors (Lipinski definition) is 6. The van der Waals surface area contributed by atoms with Crippen LogP contribution in [0.2, 0.25) is 0 Å². The molecule has 0 N–H and O–H groups in total. The van der Waals surface area contributed by atoms with Gasteiger partial charge in [0.25, 0.3) is 0 Å². The summed E-state index contributed by atoms with van der Waals surface area (Å²) in [7, 11) is 0. The first kappa shape index (κ1) is 33.7. The number of nitrogens with zero attached hydrogens (tertiary/aromatic N) is 4. The molecule has 288 valence electrons. The Hall–Kier alpha value is -8.13. The zero-order chi connectivity index (χ0) is 40.5. The number of fused-ring (bicyclic) bond motifs is 13. The molecule has 7 heteroatoms. The zero-order valence-electron chi connectivity index (χ0n) is 32.8. The van der Waals surface area contributed by atoms with Crippen LogP contribution >= 0.6 is 11.3 Å². The maximum atomic E-state index is 6.65. The van der Waals surface area contributed by atoms with Crippen molar-refractivity contribution < 1.29 is 8.83 Å². The number of benzene rings is 9. The van der Waals surface area contributed by atoms with Gasteiger partial charge in [0, 0.05) is 58.1 Å². The highest BCUT2D eigenvalue weighted by molar-refractivity contribution is 7.26. The molecule has 5 aromatic heterocycles. The van der Waals surface area contributed by atoms with Crippen LogP contribution in [-0.2, 0) is 0 Å². The average Bonchev–Trinajstić information content (AvgIpc) is 4.09. The van der Waals surface area contributed by atoms with Gasteiger partial charge >= 0.3 is 0 Å². The zero-order valence-corrected chi connectivity index (χ0v) is 33.7. The number of rotatable bonds is 4. The van der Waals surface area contributed by atoms with E-state index in [0.29, 0.717) is 17.5 Å². The molecule has 0 spiro atoms. The van der Waals surface area contributed by atoms with Crippen LogP contribution in [0.1, 0.15) is 0 Å². The largest absolute Gasteiger partial charge is 0.456 e. The van der Waals surface area contributed by atoms with Crippen LogP contribution in [0, 0.1) is 0 Å². The quantitative estimate of drug-likeness (QED) is 0.177. The maximum absolute atomic E-state index is 6.65. The molecule has 5 heterocycles. The summed E-state index contributed by atoms with van der Waals surface area (Å²) < 4.78 is 18.0. The van der Waals surface area contributed by atoms with Crippen LogP contribution in [0.3, 0.4) is 0 Å². The molecular weight excluding hydrogens is 781 g/mol. The lowest BCUT2D eigenvalue weighted by Crippen LogP contribution is -2.04. The number of thiophene rings is 1. The third kappa shape index (κ3) is 4.76. The van der Waals surface area contributed by atoms with Crippen molar-refractivity contribution in [3.05, 3.63) is 182 Å². The lowest BCUT2D eigenvalue weighted by molar-refractivity contribution is 0.668. The van der Waals surface area contributed by atoms with E-state index in [9.17, 15) is 0 Å². The van der Waals surface area contributed by atoms with Gasteiger partial charge in [0.05, 0.1) is 27.8 Å². The van der Waals surface area contributed by atoms with Crippen molar-refractivity contribution in [3.8, 4) is 39.9 Å². The van der Waals surface area contributed by atoms with E-state index in [1.165, 1.54) is 37.0 Å². The Bertz CT molecular complexity index is 4060. The molecule has 62 heavy (non-hydrogen) atoms. The topological polar surface area (TPSA) is 69.9 Å². The van der Waals surface area contributed by atoms with E-state index >= 15 is 0 Å². The monoisotopic (exact) mass is 810 g/mol. The average molecular weight is 811 g/mol. The summed E-state index contributed by atoms with van der Waals surface area (Å²) in [4.78, 5) is 16.5. The molecule has 14 rings (SSSR count). The molecule has 6 nitrogen and oxygen atoms in total. The molecule has 0 atom stereocenters. The fourth-order valence-corrected chi connectivity index (χ4v) is 10.9. The number of furan rings is 2. The van der Waals surface area contributed by atoms with Crippen LogP contribution in [0.15, 0.2) is 191 Å². The summed E-state index contributed by atoms with van der Waals surface area (Å²) in [6.07, 6.45) is 0. The molecule has 0 fully saturated rings. The second-order valence-corrected chi connectivity index (χ2v) is 16.9. The molecule has 0 aliphatic rings. The lowest BCUT2D eigenvalue weighted by atomic mass is 10.0. The Balaban J connectivity index is 1.15. The van der Waals surface area contributed by atoms with Crippen molar-refractivity contribution in [3.63, 3.8) is 0 Å². The van der Waals surface area contributed by atoms with Crippen LogP contribution < -0.4 is 0 Å². The van der Waals surface area contributed by atoms with E-state index in [1.54, 1.807) is 11.3 Å². The molecule has 9 aromatic carbocycles. The molecule has 14 aromatic rings. The highest BCUT2D eigenvalue weighted by Gasteiger charge is 2.26. The Morgan fingerprint density at radius 1 is 0.403 bits per heavy atom. The number of aromatic nitrogens is 4. The van der Waals surface area contributed by atoms with Gasteiger partial charge in [0.15, 0.2) is 17.5 Å². The van der Waals surface area contributed by atoms with Crippen molar-refractivity contribution in [2.75, 3.05) is 0 Å². The van der Waals surface area contributed by atoms with Gasteiger partial charge in [-0.1, -0.05) is 121 Å². The minimum Gasteiger partial charge on any atom is -0.456 e. The van der Waals surface area contributed by atoms with Crippen molar-refractivity contribution in [2.45, 2.75) is 0 Å². The Kier molecular flexibility index (Phi) is 6.89.